The number of aromatic nitrogens is 2. The normalized spacial score (nSPS) is 20.6. The molecule has 2 atom stereocenters. The molecular weight excluding hydrogens is 474 g/mol. The van der Waals surface area contributed by atoms with Crippen molar-refractivity contribution in [2.24, 2.45) is 7.05 Å². The van der Waals surface area contributed by atoms with E-state index >= 15 is 0 Å². The van der Waals surface area contributed by atoms with Gasteiger partial charge in [-0.1, -0.05) is 30.3 Å². The Labute approximate surface area is 214 Å². The number of ether oxygens (including phenoxy) is 2. The maximum Gasteiger partial charge on any atom is 0.258 e. The van der Waals surface area contributed by atoms with Crippen LogP contribution in [0.1, 0.15) is 30.0 Å². The van der Waals surface area contributed by atoms with E-state index in [1.165, 1.54) is 5.56 Å². The molecule has 0 saturated carbocycles. The van der Waals surface area contributed by atoms with Gasteiger partial charge in [0, 0.05) is 51.1 Å². The maximum absolute atomic E-state index is 12.4. The highest BCUT2D eigenvalue weighted by Crippen LogP contribution is 2.31. The second-order valence-electron chi connectivity index (χ2n) is 9.50. The Morgan fingerprint density at radius 1 is 1.22 bits per heavy atom. The van der Waals surface area contributed by atoms with Crippen LogP contribution in [-0.2, 0) is 32.7 Å². The molecule has 5 rings (SSSR count). The van der Waals surface area contributed by atoms with Gasteiger partial charge in [0.2, 0.25) is 11.8 Å². The highest BCUT2D eigenvalue weighted by molar-refractivity contribution is 6.02. The average Bonchev–Trinajstić information content (AvgIpc) is 3.22. The number of hydrogen-bond acceptors (Lipinski definition) is 7. The summed E-state index contributed by atoms with van der Waals surface area (Å²) in [5, 5.41) is 10.6. The number of hydrogen-bond donors (Lipinski definition) is 2. The molecule has 10 nitrogen and oxygen atoms in total. The van der Waals surface area contributed by atoms with Crippen molar-refractivity contribution in [3.05, 3.63) is 59.8 Å². The first-order chi connectivity index (χ1) is 18.0. The molecule has 0 radical (unpaired) electrons. The van der Waals surface area contributed by atoms with Crippen molar-refractivity contribution in [1.82, 2.24) is 25.3 Å². The summed E-state index contributed by atoms with van der Waals surface area (Å²) in [6, 6.07) is 15.7. The smallest absolute Gasteiger partial charge is 0.258 e. The van der Waals surface area contributed by atoms with Crippen LogP contribution in [0.2, 0.25) is 0 Å². The maximum atomic E-state index is 12.4. The molecule has 3 heterocycles. The third-order valence-electron chi connectivity index (χ3n) is 6.79. The topological polar surface area (TPSA) is 115 Å². The van der Waals surface area contributed by atoms with Crippen LogP contribution in [-0.4, -0.2) is 71.4 Å². The molecule has 0 spiro atoms. The van der Waals surface area contributed by atoms with Crippen molar-refractivity contribution >= 4 is 28.6 Å². The van der Waals surface area contributed by atoms with E-state index in [4.69, 9.17) is 9.47 Å². The van der Waals surface area contributed by atoms with Crippen LogP contribution in [0, 0.1) is 0 Å². The van der Waals surface area contributed by atoms with E-state index in [-0.39, 0.29) is 30.4 Å². The van der Waals surface area contributed by atoms with E-state index in [1.807, 2.05) is 24.3 Å². The predicted molar refractivity (Wildman–Crippen MR) is 136 cm³/mol. The molecule has 2 aromatic carbocycles. The number of benzene rings is 2. The van der Waals surface area contributed by atoms with Gasteiger partial charge in [-0.25, -0.2) is 0 Å². The van der Waals surface area contributed by atoms with Crippen molar-refractivity contribution in [2.45, 2.75) is 31.4 Å². The van der Waals surface area contributed by atoms with Crippen LogP contribution >= 0.6 is 0 Å². The number of aryl methyl sites for hydroxylation is 1. The number of imide groups is 1. The number of nitrogens with zero attached hydrogens (tertiary/aromatic N) is 3. The Hall–Kier alpha value is -3.76. The summed E-state index contributed by atoms with van der Waals surface area (Å²) in [7, 11) is 1.79. The van der Waals surface area contributed by atoms with Crippen molar-refractivity contribution in [1.29, 1.82) is 0 Å². The first-order valence-corrected chi connectivity index (χ1v) is 12.5. The lowest BCUT2D eigenvalue weighted by Crippen LogP contribution is -2.47. The number of nitrogens with one attached hydrogen (secondary N) is 2. The Morgan fingerprint density at radius 2 is 2.05 bits per heavy atom. The number of rotatable bonds is 8. The molecule has 2 aliphatic rings. The highest BCUT2D eigenvalue weighted by Gasteiger charge is 2.31. The molecule has 0 bridgehead atoms. The summed E-state index contributed by atoms with van der Waals surface area (Å²) in [5.41, 5.74) is 2.68. The van der Waals surface area contributed by atoms with Crippen LogP contribution in [0.15, 0.2) is 48.5 Å². The zero-order valence-electron chi connectivity index (χ0n) is 20.8. The summed E-state index contributed by atoms with van der Waals surface area (Å²) >= 11 is 0. The minimum Gasteiger partial charge on any atom is -0.484 e. The molecule has 3 aromatic rings. The zero-order valence-corrected chi connectivity index (χ0v) is 20.8. The Morgan fingerprint density at radius 3 is 2.86 bits per heavy atom. The first kappa shape index (κ1) is 24.9. The second kappa shape index (κ2) is 11.1. The first-order valence-electron chi connectivity index (χ1n) is 12.5. The van der Waals surface area contributed by atoms with Crippen molar-refractivity contribution in [3.8, 4) is 5.75 Å². The SMILES string of the molecule is Cn1nc(C2CCC(=O)NC2=O)c2ccc(OCC(=O)NCC3CN(Cc4ccccc4)CCO3)cc21. The van der Waals surface area contributed by atoms with Crippen LogP contribution < -0.4 is 15.4 Å². The van der Waals surface area contributed by atoms with E-state index < -0.39 is 5.92 Å². The molecule has 2 unspecified atom stereocenters. The third-order valence-corrected chi connectivity index (χ3v) is 6.79. The van der Waals surface area contributed by atoms with Crippen molar-refractivity contribution in [2.75, 3.05) is 32.8 Å². The van der Waals surface area contributed by atoms with E-state index in [1.54, 1.807) is 23.9 Å². The van der Waals surface area contributed by atoms with Gasteiger partial charge >= 0.3 is 0 Å². The molecule has 1 aromatic heterocycles. The van der Waals surface area contributed by atoms with E-state index in [9.17, 15) is 14.4 Å². The van der Waals surface area contributed by atoms with Gasteiger partial charge in [0.05, 0.1) is 29.8 Å². The van der Waals surface area contributed by atoms with Crippen molar-refractivity contribution < 1.29 is 23.9 Å². The quantitative estimate of drug-likeness (QED) is 0.446. The fourth-order valence-electron chi connectivity index (χ4n) is 4.88. The second-order valence-corrected chi connectivity index (χ2v) is 9.50. The molecule has 2 N–H and O–H groups in total. The van der Waals surface area contributed by atoms with Gasteiger partial charge in [0.15, 0.2) is 6.61 Å². The van der Waals surface area contributed by atoms with E-state index in [2.05, 4.69) is 32.8 Å². The van der Waals surface area contributed by atoms with Gasteiger partial charge in [-0.2, -0.15) is 5.10 Å². The molecule has 10 heteroatoms. The Kier molecular flexibility index (Phi) is 7.47. The van der Waals surface area contributed by atoms with Gasteiger partial charge in [0.1, 0.15) is 5.75 Å². The molecule has 2 aliphatic heterocycles. The standard InChI is InChI=1S/C27H31N5O5/c1-31-23-13-19(7-8-21(23)26(30-31)22-9-10-24(33)29-27(22)35)37-17-25(34)28-14-20-16-32(11-12-36-20)15-18-5-3-2-4-6-18/h2-8,13,20,22H,9-12,14-17H2,1H3,(H,28,34)(H,29,33,35). The Balaban J connectivity index is 1.12. The molecule has 0 aliphatic carbocycles. The summed E-state index contributed by atoms with van der Waals surface area (Å²) in [6.07, 6.45) is 0.656. The summed E-state index contributed by atoms with van der Waals surface area (Å²) in [4.78, 5) is 38.6. The lowest BCUT2D eigenvalue weighted by atomic mass is 9.93. The van der Waals surface area contributed by atoms with Crippen LogP contribution in [0.3, 0.4) is 0 Å². The van der Waals surface area contributed by atoms with Crippen LogP contribution in [0.5, 0.6) is 5.75 Å². The molecule has 37 heavy (non-hydrogen) atoms. The average molecular weight is 506 g/mol. The fourth-order valence-corrected chi connectivity index (χ4v) is 4.88. The third kappa shape index (κ3) is 5.98. The lowest BCUT2D eigenvalue weighted by Gasteiger charge is -2.33. The van der Waals surface area contributed by atoms with Crippen molar-refractivity contribution in [3.63, 3.8) is 0 Å². The number of morpholine rings is 1. The summed E-state index contributed by atoms with van der Waals surface area (Å²) < 4.78 is 13.2. The monoisotopic (exact) mass is 505 g/mol. The minimum atomic E-state index is -0.468. The van der Waals surface area contributed by atoms with Crippen LogP contribution in [0.25, 0.3) is 10.9 Å². The molecule has 194 valence electrons. The van der Waals surface area contributed by atoms with Gasteiger partial charge in [-0.3, -0.25) is 29.3 Å². The Bertz CT molecular complexity index is 1290. The number of carbonyl (C=O) groups is 3. The molecule has 3 amide bonds. The van der Waals surface area contributed by atoms with Gasteiger partial charge in [-0.15, -0.1) is 0 Å². The van der Waals surface area contributed by atoms with Gasteiger partial charge in [0.25, 0.3) is 5.91 Å². The lowest BCUT2D eigenvalue weighted by molar-refractivity contribution is -0.134. The summed E-state index contributed by atoms with van der Waals surface area (Å²) in [5.74, 6) is -0.737. The number of piperidine rings is 1. The number of amides is 3. The molecule has 2 saturated heterocycles. The minimum absolute atomic E-state index is 0.0714. The highest BCUT2D eigenvalue weighted by atomic mass is 16.5. The zero-order chi connectivity index (χ0) is 25.8. The van der Waals surface area contributed by atoms with E-state index in [0.717, 1.165) is 30.5 Å². The number of carbonyl (C=O) groups excluding carboxylic acids is 3. The summed E-state index contributed by atoms with van der Waals surface area (Å²) in [6.45, 7) is 3.41. The van der Waals surface area contributed by atoms with Gasteiger partial charge < -0.3 is 14.8 Å². The fraction of sp³-hybridized carbons (Fsp3) is 0.407. The van der Waals surface area contributed by atoms with Crippen LogP contribution in [0.4, 0.5) is 0 Å². The molecule has 2 fully saturated rings. The predicted octanol–water partition coefficient (Wildman–Crippen LogP) is 1.49. The molecular formula is C27H31N5O5. The largest absolute Gasteiger partial charge is 0.484 e. The number of fused-ring (bicyclic) bond motifs is 1. The van der Waals surface area contributed by atoms with Gasteiger partial charge in [-0.05, 0) is 24.1 Å². The van der Waals surface area contributed by atoms with E-state index in [0.29, 0.717) is 37.4 Å².